The minimum atomic E-state index is -1.50. The summed E-state index contributed by atoms with van der Waals surface area (Å²) in [5.41, 5.74) is 0.851. The van der Waals surface area contributed by atoms with Gasteiger partial charge in [0.1, 0.15) is 29.3 Å². The zero-order valence-corrected chi connectivity index (χ0v) is 26.0. The minimum Gasteiger partial charge on any atom is -0.508 e. The highest BCUT2D eigenvalue weighted by Crippen LogP contribution is 2.42. The van der Waals surface area contributed by atoms with E-state index >= 15 is 0 Å². The fourth-order valence-corrected chi connectivity index (χ4v) is 5.80. The molecule has 6 N–H and O–H groups in total. The maximum absolute atomic E-state index is 12.9. The van der Waals surface area contributed by atoms with Gasteiger partial charge in [-0.3, -0.25) is 4.79 Å². The molecule has 242 valence electrons. The number of carbonyl (C=O) groups is 2. The fourth-order valence-electron chi connectivity index (χ4n) is 5.80. The van der Waals surface area contributed by atoms with E-state index in [9.17, 15) is 35.1 Å². The Morgan fingerprint density at radius 2 is 1.84 bits per heavy atom. The number of carbonyl (C=O) groups excluding carboxylic acids is 2. The van der Waals surface area contributed by atoms with Crippen LogP contribution in [-0.4, -0.2) is 101 Å². The van der Waals surface area contributed by atoms with Crippen molar-refractivity contribution in [2.75, 3.05) is 14.2 Å². The number of aromatic hydroxyl groups is 2. The second-order valence-electron chi connectivity index (χ2n) is 12.5. The molecule has 2 aliphatic rings. The van der Waals surface area contributed by atoms with E-state index in [0.29, 0.717) is 11.1 Å². The fraction of sp³-hybridized carbons (Fsp3) is 0.677. The molecule has 2 heterocycles. The lowest BCUT2D eigenvalue weighted by Gasteiger charge is -2.48. The van der Waals surface area contributed by atoms with Gasteiger partial charge < -0.3 is 49.8 Å². The van der Waals surface area contributed by atoms with Gasteiger partial charge >= 0.3 is 5.97 Å². The standard InChI is InChI=1S/C31H47NO11/c1-14(2)9-22(40-7)27(37)28(38)32-29(41-8)23-13-24(36)31(5,6)25(42-23)12-19(34)16(4)21-10-17-15(3)18(33)11-20(35)26(17)30(39)43-21/h11,16,19,21-25,27,29,33-37H,1,9-10,12-13H2,2-8H3,(H,32,38)/t16-,19+,21-,22+,23+,24?,25?,27?,29-/m1/s1. The summed E-state index contributed by atoms with van der Waals surface area (Å²) >= 11 is 0. The number of phenols is 2. The van der Waals surface area contributed by atoms with E-state index in [4.69, 9.17) is 18.9 Å². The van der Waals surface area contributed by atoms with Crippen LogP contribution in [-0.2, 0) is 30.2 Å². The van der Waals surface area contributed by atoms with Crippen molar-refractivity contribution in [3.05, 3.63) is 34.9 Å². The third-order valence-corrected chi connectivity index (χ3v) is 9.02. The van der Waals surface area contributed by atoms with Crippen molar-refractivity contribution in [3.8, 4) is 11.5 Å². The third kappa shape index (κ3) is 7.50. The number of esters is 1. The monoisotopic (exact) mass is 609 g/mol. The summed E-state index contributed by atoms with van der Waals surface area (Å²) in [6.45, 7) is 12.6. The molecule has 3 unspecified atom stereocenters. The van der Waals surface area contributed by atoms with Crippen LogP contribution in [0.1, 0.15) is 68.4 Å². The summed E-state index contributed by atoms with van der Waals surface area (Å²) in [4.78, 5) is 25.6. The maximum atomic E-state index is 12.9. The largest absolute Gasteiger partial charge is 0.508 e. The third-order valence-electron chi connectivity index (χ3n) is 9.02. The summed E-state index contributed by atoms with van der Waals surface area (Å²) in [5.74, 6) is -2.57. The molecule has 0 bridgehead atoms. The first-order chi connectivity index (χ1) is 20.0. The summed E-state index contributed by atoms with van der Waals surface area (Å²) in [6, 6.07) is 1.10. The van der Waals surface area contributed by atoms with E-state index < -0.39 is 72.2 Å². The first-order valence-corrected chi connectivity index (χ1v) is 14.5. The van der Waals surface area contributed by atoms with E-state index in [2.05, 4.69) is 11.9 Å². The molecule has 1 amide bonds. The van der Waals surface area contributed by atoms with Crippen molar-refractivity contribution in [1.82, 2.24) is 5.32 Å². The number of ether oxygens (including phenoxy) is 4. The van der Waals surface area contributed by atoms with E-state index in [1.54, 1.807) is 20.8 Å². The SMILES string of the molecule is C=C(C)C[C@H](OC)C(O)C(=O)N[C@H](OC)[C@@H]1CC(O)C(C)(C)C(C[C@H](O)[C@@H](C)[C@H]2Cc3c(C)c(O)cc(O)c3C(=O)O2)O1. The predicted molar refractivity (Wildman–Crippen MR) is 155 cm³/mol. The highest BCUT2D eigenvalue weighted by Gasteiger charge is 2.48. The van der Waals surface area contributed by atoms with Gasteiger partial charge in [-0.05, 0) is 31.4 Å². The number of cyclic esters (lactones) is 1. The number of amides is 1. The van der Waals surface area contributed by atoms with Crippen LogP contribution in [0.25, 0.3) is 0 Å². The molecule has 0 aliphatic carbocycles. The number of rotatable bonds is 12. The van der Waals surface area contributed by atoms with Gasteiger partial charge in [-0.2, -0.15) is 0 Å². The molecule has 0 spiro atoms. The van der Waals surface area contributed by atoms with Crippen LogP contribution in [0.15, 0.2) is 18.2 Å². The molecule has 0 aromatic heterocycles. The van der Waals surface area contributed by atoms with Crippen molar-refractivity contribution in [2.45, 2.75) is 109 Å². The Morgan fingerprint density at radius 1 is 1.19 bits per heavy atom. The summed E-state index contributed by atoms with van der Waals surface area (Å²) in [5, 5.41) is 56.0. The quantitative estimate of drug-likeness (QED) is 0.115. The summed E-state index contributed by atoms with van der Waals surface area (Å²) < 4.78 is 22.7. The van der Waals surface area contributed by atoms with E-state index in [0.717, 1.165) is 11.6 Å². The lowest BCUT2D eigenvalue weighted by atomic mass is 9.73. The molecular formula is C31H47NO11. The predicted octanol–water partition coefficient (Wildman–Crippen LogP) is 1.85. The smallest absolute Gasteiger partial charge is 0.342 e. The van der Waals surface area contributed by atoms with E-state index in [1.165, 1.54) is 14.2 Å². The molecule has 1 saturated heterocycles. The van der Waals surface area contributed by atoms with Crippen LogP contribution in [0.5, 0.6) is 11.5 Å². The molecule has 12 heteroatoms. The molecule has 1 fully saturated rings. The highest BCUT2D eigenvalue weighted by molar-refractivity contribution is 5.96. The lowest BCUT2D eigenvalue weighted by Crippen LogP contribution is -2.59. The molecule has 43 heavy (non-hydrogen) atoms. The zero-order valence-electron chi connectivity index (χ0n) is 26.0. The van der Waals surface area contributed by atoms with Gasteiger partial charge in [-0.15, -0.1) is 6.58 Å². The number of methoxy groups -OCH3 is 2. The topological polar surface area (TPSA) is 184 Å². The number of nitrogens with one attached hydrogen (secondary N) is 1. The molecule has 3 rings (SSSR count). The molecule has 0 radical (unpaired) electrons. The van der Waals surface area contributed by atoms with Crippen LogP contribution in [0.3, 0.4) is 0 Å². The van der Waals surface area contributed by atoms with Crippen LogP contribution >= 0.6 is 0 Å². The number of phenolic OH excluding ortho intramolecular Hbond substituents is 2. The molecule has 12 nitrogen and oxygen atoms in total. The Bertz CT molecular complexity index is 1180. The molecule has 2 aliphatic heterocycles. The Labute approximate surface area is 252 Å². The minimum absolute atomic E-state index is 0.00479. The normalized spacial score (nSPS) is 26.8. The van der Waals surface area contributed by atoms with Crippen molar-refractivity contribution in [2.24, 2.45) is 11.3 Å². The number of aliphatic hydroxyl groups excluding tert-OH is 3. The average molecular weight is 610 g/mol. The van der Waals surface area contributed by atoms with Crippen molar-refractivity contribution >= 4 is 11.9 Å². The van der Waals surface area contributed by atoms with Gasteiger partial charge in [0.2, 0.25) is 0 Å². The first kappa shape index (κ1) is 34.7. The summed E-state index contributed by atoms with van der Waals surface area (Å²) in [6.07, 6.45) is -6.89. The van der Waals surface area contributed by atoms with Gasteiger partial charge in [-0.1, -0.05) is 26.3 Å². The highest BCUT2D eigenvalue weighted by atomic mass is 16.6. The number of fused-ring (bicyclic) bond motifs is 1. The van der Waals surface area contributed by atoms with Crippen molar-refractivity contribution in [1.29, 1.82) is 0 Å². The Kier molecular flexibility index (Phi) is 11.2. The van der Waals surface area contributed by atoms with E-state index in [-0.39, 0.29) is 42.7 Å². The molecule has 1 aromatic carbocycles. The van der Waals surface area contributed by atoms with Crippen LogP contribution in [0, 0.1) is 18.3 Å². The van der Waals surface area contributed by atoms with Gasteiger partial charge in [0, 0.05) is 50.9 Å². The van der Waals surface area contributed by atoms with Crippen LogP contribution in [0.2, 0.25) is 0 Å². The van der Waals surface area contributed by atoms with Crippen molar-refractivity contribution in [3.63, 3.8) is 0 Å². The molecule has 9 atom stereocenters. The molecule has 1 aromatic rings. The van der Waals surface area contributed by atoms with E-state index in [1.807, 2.05) is 13.8 Å². The van der Waals surface area contributed by atoms with Gasteiger partial charge in [0.25, 0.3) is 5.91 Å². The first-order valence-electron chi connectivity index (χ1n) is 14.5. The van der Waals surface area contributed by atoms with Gasteiger partial charge in [0.15, 0.2) is 12.3 Å². The second-order valence-corrected chi connectivity index (χ2v) is 12.5. The Balaban J connectivity index is 1.73. The van der Waals surface area contributed by atoms with Crippen LogP contribution < -0.4 is 5.32 Å². The number of hydrogen-bond donors (Lipinski definition) is 6. The molecular weight excluding hydrogens is 562 g/mol. The summed E-state index contributed by atoms with van der Waals surface area (Å²) in [7, 11) is 2.76. The molecule has 0 saturated carbocycles. The maximum Gasteiger partial charge on any atom is 0.342 e. The van der Waals surface area contributed by atoms with Crippen molar-refractivity contribution < 1.29 is 54.1 Å². The Hall–Kier alpha value is -2.74. The number of hydrogen-bond acceptors (Lipinski definition) is 11. The number of benzene rings is 1. The second kappa shape index (κ2) is 13.9. The van der Waals surface area contributed by atoms with Crippen LogP contribution in [0.4, 0.5) is 0 Å². The number of aliphatic hydroxyl groups is 3. The lowest BCUT2D eigenvalue weighted by molar-refractivity contribution is -0.217. The van der Waals surface area contributed by atoms with Gasteiger partial charge in [-0.25, -0.2) is 4.79 Å². The zero-order chi connectivity index (χ0) is 32.4. The Morgan fingerprint density at radius 3 is 2.42 bits per heavy atom. The average Bonchev–Trinajstić information content (AvgIpc) is 2.94. The van der Waals surface area contributed by atoms with Gasteiger partial charge in [0.05, 0.1) is 24.4 Å².